The van der Waals surface area contributed by atoms with E-state index in [0.29, 0.717) is 28.3 Å². The van der Waals surface area contributed by atoms with Crippen molar-refractivity contribution in [1.82, 2.24) is 24.1 Å². The molecule has 0 amide bonds. The van der Waals surface area contributed by atoms with Crippen LogP contribution in [0.5, 0.6) is 11.8 Å². The predicted molar refractivity (Wildman–Crippen MR) is 178 cm³/mol. The van der Waals surface area contributed by atoms with Crippen molar-refractivity contribution in [2.24, 2.45) is 0 Å². The summed E-state index contributed by atoms with van der Waals surface area (Å²) in [6.07, 6.45) is 5.38. The van der Waals surface area contributed by atoms with Crippen LogP contribution >= 0.6 is 0 Å². The fourth-order valence-electron chi connectivity index (χ4n) is 6.92. The van der Waals surface area contributed by atoms with Gasteiger partial charge in [-0.25, -0.2) is 13.4 Å². The molecule has 0 N–H and O–H groups in total. The van der Waals surface area contributed by atoms with Gasteiger partial charge in [-0.05, 0) is 88.5 Å². The van der Waals surface area contributed by atoms with Crippen molar-refractivity contribution in [3.05, 3.63) is 71.4 Å². The van der Waals surface area contributed by atoms with Crippen molar-refractivity contribution in [3.8, 4) is 11.8 Å². The van der Waals surface area contributed by atoms with Crippen molar-refractivity contribution in [3.63, 3.8) is 0 Å². The van der Waals surface area contributed by atoms with Gasteiger partial charge in [-0.15, -0.1) is 0 Å². The second-order valence-corrected chi connectivity index (χ2v) is 14.4. The average molecular weight is 637 g/mol. The zero-order valence-electron chi connectivity index (χ0n) is 27.6. The van der Waals surface area contributed by atoms with E-state index in [4.69, 9.17) is 9.47 Å². The van der Waals surface area contributed by atoms with E-state index in [9.17, 15) is 8.42 Å². The third kappa shape index (κ3) is 7.11. The van der Waals surface area contributed by atoms with Crippen molar-refractivity contribution in [1.29, 1.82) is 0 Å². The lowest BCUT2D eigenvalue weighted by atomic mass is 9.80. The number of aromatic nitrogens is 2. The molecule has 11 heteroatoms. The average Bonchev–Trinajstić information content (AvgIpc) is 3.53. The third-order valence-corrected chi connectivity index (χ3v) is 11.8. The normalized spacial score (nSPS) is 19.1. The highest BCUT2D eigenvalue weighted by molar-refractivity contribution is 7.89. The zero-order valence-corrected chi connectivity index (χ0v) is 28.4. The third-order valence-electron chi connectivity index (χ3n) is 9.58. The van der Waals surface area contributed by atoms with E-state index in [-0.39, 0.29) is 24.2 Å². The lowest BCUT2D eigenvalue weighted by Gasteiger charge is -2.47. The van der Waals surface area contributed by atoms with Crippen LogP contribution in [0, 0.1) is 13.8 Å². The van der Waals surface area contributed by atoms with Gasteiger partial charge in [0.05, 0.1) is 18.0 Å². The minimum atomic E-state index is -3.70. The van der Waals surface area contributed by atoms with Gasteiger partial charge in [0, 0.05) is 51.5 Å². The van der Waals surface area contributed by atoms with Gasteiger partial charge in [-0.1, -0.05) is 30.3 Å². The first-order valence-electron chi connectivity index (χ1n) is 15.8. The molecule has 0 radical (unpaired) electrons. The molecule has 2 fully saturated rings. The fourth-order valence-corrected chi connectivity index (χ4v) is 9.02. The molecule has 0 bridgehead atoms. The SMILES string of the molecule is COc1cc(C)c(S(=O)(=O)N2CCC[C@H]2COc2nccc(N(C)CCN3CCC(c4ccccc4)(N(C)C)CC3)n2)c(C)c1. The minimum Gasteiger partial charge on any atom is -0.497 e. The molecule has 2 aliphatic heterocycles. The smallest absolute Gasteiger partial charge is 0.318 e. The molecule has 1 aromatic heterocycles. The van der Waals surface area contributed by atoms with Crippen LogP contribution in [0.25, 0.3) is 0 Å². The monoisotopic (exact) mass is 636 g/mol. The quantitative estimate of drug-likeness (QED) is 0.288. The molecule has 0 spiro atoms. The molecule has 3 heterocycles. The molecule has 244 valence electrons. The number of methoxy groups -OCH3 is 1. The largest absolute Gasteiger partial charge is 0.497 e. The number of rotatable bonds is 12. The Bertz CT molecular complexity index is 1520. The lowest BCUT2D eigenvalue weighted by molar-refractivity contribution is 0.0550. The minimum absolute atomic E-state index is 0.0725. The summed E-state index contributed by atoms with van der Waals surface area (Å²) in [5.41, 5.74) is 2.82. The Balaban J connectivity index is 1.16. The van der Waals surface area contributed by atoms with Crippen LogP contribution in [0.3, 0.4) is 0 Å². The Hall–Kier alpha value is -3.25. The second kappa shape index (κ2) is 14.0. The molecular weight excluding hydrogens is 588 g/mol. The number of ether oxygens (including phenoxy) is 2. The van der Waals surface area contributed by atoms with Gasteiger partial charge in [-0.2, -0.15) is 9.29 Å². The second-order valence-electron chi connectivity index (χ2n) is 12.6. The summed E-state index contributed by atoms with van der Waals surface area (Å²) in [6, 6.07) is 16.3. The number of aryl methyl sites for hydroxylation is 2. The Morgan fingerprint density at radius 1 is 1.00 bits per heavy atom. The van der Waals surface area contributed by atoms with E-state index in [1.54, 1.807) is 29.7 Å². The number of hydrogen-bond acceptors (Lipinski definition) is 9. The van der Waals surface area contributed by atoms with E-state index in [2.05, 4.69) is 69.1 Å². The zero-order chi connectivity index (χ0) is 32.2. The number of anilines is 1. The van der Waals surface area contributed by atoms with E-state index in [1.807, 2.05) is 27.0 Å². The van der Waals surface area contributed by atoms with Crippen LogP contribution in [0.15, 0.2) is 59.6 Å². The van der Waals surface area contributed by atoms with Crippen LogP contribution in [-0.2, 0) is 15.6 Å². The topological polar surface area (TPSA) is 91.3 Å². The van der Waals surface area contributed by atoms with Crippen molar-refractivity contribution in [2.45, 2.75) is 56.0 Å². The number of likely N-dealkylation sites (N-methyl/N-ethyl adjacent to an activating group) is 1. The van der Waals surface area contributed by atoms with Crippen molar-refractivity contribution >= 4 is 15.8 Å². The number of likely N-dealkylation sites (tertiary alicyclic amines) is 1. The molecule has 2 saturated heterocycles. The Morgan fingerprint density at radius 3 is 2.33 bits per heavy atom. The summed E-state index contributed by atoms with van der Waals surface area (Å²) in [4.78, 5) is 16.4. The van der Waals surface area contributed by atoms with Crippen LogP contribution in [0.4, 0.5) is 5.82 Å². The van der Waals surface area contributed by atoms with E-state index >= 15 is 0 Å². The molecule has 1 atom stereocenters. The number of sulfonamides is 1. The molecule has 5 rings (SSSR count). The predicted octanol–water partition coefficient (Wildman–Crippen LogP) is 4.32. The van der Waals surface area contributed by atoms with E-state index < -0.39 is 10.0 Å². The van der Waals surface area contributed by atoms with Gasteiger partial charge in [0.2, 0.25) is 10.0 Å². The number of benzene rings is 2. The van der Waals surface area contributed by atoms with Gasteiger partial charge < -0.3 is 19.3 Å². The Labute approximate surface area is 269 Å². The van der Waals surface area contributed by atoms with Gasteiger partial charge in [0.15, 0.2) is 0 Å². The van der Waals surface area contributed by atoms with Gasteiger partial charge >= 0.3 is 6.01 Å². The number of piperidine rings is 1. The molecule has 45 heavy (non-hydrogen) atoms. The van der Waals surface area contributed by atoms with E-state index in [0.717, 1.165) is 57.7 Å². The van der Waals surface area contributed by atoms with Crippen LogP contribution < -0.4 is 14.4 Å². The van der Waals surface area contributed by atoms with Crippen LogP contribution in [-0.4, -0.2) is 106 Å². The maximum absolute atomic E-state index is 13.8. The molecule has 2 aliphatic rings. The number of nitrogens with zero attached hydrogens (tertiary/aromatic N) is 6. The van der Waals surface area contributed by atoms with Gasteiger partial charge in [0.25, 0.3) is 0 Å². The molecule has 0 unspecified atom stereocenters. The van der Waals surface area contributed by atoms with E-state index in [1.165, 1.54) is 5.56 Å². The highest BCUT2D eigenvalue weighted by Gasteiger charge is 2.39. The highest BCUT2D eigenvalue weighted by Crippen LogP contribution is 2.37. The summed E-state index contributed by atoms with van der Waals surface area (Å²) < 4.78 is 40.5. The summed E-state index contributed by atoms with van der Waals surface area (Å²) >= 11 is 0. The van der Waals surface area contributed by atoms with Gasteiger partial charge in [0.1, 0.15) is 18.2 Å². The summed E-state index contributed by atoms with van der Waals surface area (Å²) in [7, 11) is 4.30. The summed E-state index contributed by atoms with van der Waals surface area (Å²) in [6.45, 7) is 8.12. The molecule has 0 saturated carbocycles. The van der Waals surface area contributed by atoms with Crippen molar-refractivity contribution in [2.75, 3.05) is 72.5 Å². The fraction of sp³-hybridized carbons (Fsp3) is 0.529. The highest BCUT2D eigenvalue weighted by atomic mass is 32.2. The lowest BCUT2D eigenvalue weighted by Crippen LogP contribution is -2.51. The Morgan fingerprint density at radius 2 is 1.69 bits per heavy atom. The first-order chi connectivity index (χ1) is 21.5. The first-order valence-corrected chi connectivity index (χ1v) is 17.3. The maximum atomic E-state index is 13.8. The molecule has 2 aromatic carbocycles. The molecule has 10 nitrogen and oxygen atoms in total. The standard InChI is InChI=1S/C34H48N6O4S/c1-26-23-30(43-6)24-27(2)32(26)45(41,42)40-18-10-13-29(40)25-44-33-35-17-14-31(36-33)38(5)21-22-39-19-15-34(16-20-39,37(3)4)28-11-8-7-9-12-28/h7-9,11-12,14,17,23-24,29H,10,13,15-16,18-22,25H2,1-6H3/t29-/m0/s1. The Kier molecular flexibility index (Phi) is 10.3. The van der Waals surface area contributed by atoms with Gasteiger partial charge in [-0.3, -0.25) is 4.90 Å². The van der Waals surface area contributed by atoms with Crippen LogP contribution in [0.1, 0.15) is 42.4 Å². The molecule has 0 aliphatic carbocycles. The molecular formula is C34H48N6O4S. The summed E-state index contributed by atoms with van der Waals surface area (Å²) in [5, 5.41) is 0. The first kappa shape index (κ1) is 33.1. The maximum Gasteiger partial charge on any atom is 0.318 e. The molecule has 3 aromatic rings. The van der Waals surface area contributed by atoms with Crippen LogP contribution in [0.2, 0.25) is 0 Å². The van der Waals surface area contributed by atoms with Crippen molar-refractivity contribution < 1.29 is 17.9 Å². The summed E-state index contributed by atoms with van der Waals surface area (Å²) in [5.74, 6) is 1.43. The number of hydrogen-bond donors (Lipinski definition) is 0.